The Morgan fingerprint density at radius 1 is 1.46 bits per heavy atom. The largest absolute Gasteiger partial charge is 0.251 e. The monoisotopic (exact) mass is 190 g/mol. The Morgan fingerprint density at radius 3 is 3.00 bits per heavy atom. The van der Waals surface area contributed by atoms with Gasteiger partial charge in [-0.25, -0.2) is 0 Å². The van der Waals surface area contributed by atoms with Crippen molar-refractivity contribution in [3.63, 3.8) is 0 Å². The standard InChI is InChI=1S/C10H7ClN2/c1-2-7-13-9-6-4-3-5-8(9)10(11)12-13/h1,3-6H,7H2. The van der Waals surface area contributed by atoms with Gasteiger partial charge in [0.15, 0.2) is 5.15 Å². The molecule has 0 aliphatic rings. The lowest BCUT2D eigenvalue weighted by atomic mass is 10.2. The van der Waals surface area contributed by atoms with Crippen LogP contribution in [0.1, 0.15) is 0 Å². The van der Waals surface area contributed by atoms with Crippen LogP contribution >= 0.6 is 11.6 Å². The van der Waals surface area contributed by atoms with E-state index in [1.807, 2.05) is 24.3 Å². The second-order valence-electron chi connectivity index (χ2n) is 2.67. The fourth-order valence-corrected chi connectivity index (χ4v) is 1.54. The summed E-state index contributed by atoms with van der Waals surface area (Å²) in [6.07, 6.45) is 5.21. The van der Waals surface area contributed by atoms with Crippen molar-refractivity contribution in [2.75, 3.05) is 0 Å². The van der Waals surface area contributed by atoms with Crippen molar-refractivity contribution in [1.82, 2.24) is 9.78 Å². The zero-order valence-electron chi connectivity index (χ0n) is 6.87. The molecule has 0 radical (unpaired) electrons. The molecule has 1 aromatic carbocycles. The van der Waals surface area contributed by atoms with Crippen LogP contribution in [-0.2, 0) is 6.54 Å². The third-order valence-corrected chi connectivity index (χ3v) is 2.13. The number of benzene rings is 1. The summed E-state index contributed by atoms with van der Waals surface area (Å²) in [7, 11) is 0. The summed E-state index contributed by atoms with van der Waals surface area (Å²) < 4.78 is 1.72. The average Bonchev–Trinajstić information content (AvgIpc) is 2.46. The maximum atomic E-state index is 5.91. The fraction of sp³-hybridized carbons (Fsp3) is 0.100. The molecule has 0 spiro atoms. The van der Waals surface area contributed by atoms with Crippen LogP contribution in [0.4, 0.5) is 0 Å². The molecule has 64 valence electrons. The number of nitrogens with zero attached hydrogens (tertiary/aromatic N) is 2. The van der Waals surface area contributed by atoms with Gasteiger partial charge in [0, 0.05) is 5.39 Å². The zero-order valence-corrected chi connectivity index (χ0v) is 7.62. The number of aromatic nitrogens is 2. The van der Waals surface area contributed by atoms with Crippen LogP contribution in [0, 0.1) is 12.3 Å². The summed E-state index contributed by atoms with van der Waals surface area (Å²) in [5, 5.41) is 5.57. The van der Waals surface area contributed by atoms with E-state index in [1.165, 1.54) is 0 Å². The molecule has 2 aromatic rings. The Labute approximate surface area is 81.1 Å². The van der Waals surface area contributed by atoms with Crippen molar-refractivity contribution in [1.29, 1.82) is 0 Å². The van der Waals surface area contributed by atoms with Gasteiger partial charge >= 0.3 is 0 Å². The first-order valence-electron chi connectivity index (χ1n) is 3.87. The Morgan fingerprint density at radius 2 is 2.23 bits per heavy atom. The van der Waals surface area contributed by atoms with Gasteiger partial charge in [-0.2, -0.15) is 5.10 Å². The van der Waals surface area contributed by atoms with Crippen LogP contribution in [0.25, 0.3) is 10.9 Å². The van der Waals surface area contributed by atoms with Gasteiger partial charge < -0.3 is 0 Å². The first-order valence-corrected chi connectivity index (χ1v) is 4.25. The zero-order chi connectivity index (χ0) is 9.26. The first-order chi connectivity index (χ1) is 6.33. The Balaban J connectivity index is 2.72. The third kappa shape index (κ3) is 1.28. The number of hydrogen-bond acceptors (Lipinski definition) is 1. The molecular weight excluding hydrogens is 184 g/mol. The van der Waals surface area contributed by atoms with Crippen molar-refractivity contribution in [3.8, 4) is 12.3 Å². The van der Waals surface area contributed by atoms with Crippen molar-refractivity contribution in [2.24, 2.45) is 0 Å². The van der Waals surface area contributed by atoms with Gasteiger partial charge in [-0.05, 0) is 12.1 Å². The van der Waals surface area contributed by atoms with E-state index in [4.69, 9.17) is 18.0 Å². The van der Waals surface area contributed by atoms with Crippen molar-refractivity contribution in [2.45, 2.75) is 6.54 Å². The summed E-state index contributed by atoms with van der Waals surface area (Å²) in [6.45, 7) is 0.452. The highest BCUT2D eigenvalue weighted by molar-refractivity contribution is 6.34. The maximum absolute atomic E-state index is 5.91. The number of fused-ring (bicyclic) bond motifs is 1. The lowest BCUT2D eigenvalue weighted by Crippen LogP contribution is -1.96. The highest BCUT2D eigenvalue weighted by Crippen LogP contribution is 2.21. The molecule has 2 rings (SSSR count). The minimum Gasteiger partial charge on any atom is -0.251 e. The molecule has 2 nitrogen and oxygen atoms in total. The van der Waals surface area contributed by atoms with Crippen LogP contribution in [0.2, 0.25) is 5.15 Å². The van der Waals surface area contributed by atoms with Crippen LogP contribution in [0.3, 0.4) is 0 Å². The second kappa shape index (κ2) is 3.12. The second-order valence-corrected chi connectivity index (χ2v) is 3.03. The SMILES string of the molecule is C#CCn1nc(Cl)c2ccccc21. The third-order valence-electron chi connectivity index (χ3n) is 1.85. The van der Waals surface area contributed by atoms with Gasteiger partial charge in [-0.3, -0.25) is 4.68 Å². The molecule has 13 heavy (non-hydrogen) atoms. The van der Waals surface area contributed by atoms with Crippen LogP contribution in [-0.4, -0.2) is 9.78 Å². The summed E-state index contributed by atoms with van der Waals surface area (Å²) >= 11 is 5.91. The minimum atomic E-state index is 0.452. The normalized spacial score (nSPS) is 10.2. The molecule has 0 aliphatic heterocycles. The Hall–Kier alpha value is -1.46. The lowest BCUT2D eigenvalue weighted by Gasteiger charge is -1.94. The summed E-state index contributed by atoms with van der Waals surface area (Å²) in [5.41, 5.74) is 0.977. The molecule has 1 aromatic heterocycles. The number of rotatable bonds is 1. The predicted octanol–water partition coefficient (Wildman–Crippen LogP) is 2.32. The molecule has 0 N–H and O–H groups in total. The molecule has 0 saturated heterocycles. The number of hydrogen-bond donors (Lipinski definition) is 0. The van der Waals surface area contributed by atoms with Gasteiger partial charge in [-0.15, -0.1) is 6.42 Å². The van der Waals surface area contributed by atoms with Crippen LogP contribution in [0.5, 0.6) is 0 Å². The van der Waals surface area contributed by atoms with E-state index in [1.54, 1.807) is 4.68 Å². The summed E-state index contributed by atoms with van der Waals surface area (Å²) in [4.78, 5) is 0. The molecule has 0 bridgehead atoms. The summed E-state index contributed by atoms with van der Waals surface area (Å²) in [5.74, 6) is 2.53. The van der Waals surface area contributed by atoms with Gasteiger partial charge in [0.1, 0.15) is 6.54 Å². The minimum absolute atomic E-state index is 0.452. The van der Waals surface area contributed by atoms with E-state index in [-0.39, 0.29) is 0 Å². The van der Waals surface area contributed by atoms with Crippen LogP contribution in [0.15, 0.2) is 24.3 Å². The van der Waals surface area contributed by atoms with E-state index in [2.05, 4.69) is 11.0 Å². The number of para-hydroxylation sites is 1. The van der Waals surface area contributed by atoms with E-state index < -0.39 is 0 Å². The molecular formula is C10H7ClN2. The first kappa shape index (κ1) is 8.15. The van der Waals surface area contributed by atoms with Gasteiger partial charge in [0.2, 0.25) is 0 Å². The Bertz CT molecular complexity index is 479. The van der Waals surface area contributed by atoms with Crippen molar-refractivity contribution >= 4 is 22.5 Å². The van der Waals surface area contributed by atoms with Crippen molar-refractivity contribution in [3.05, 3.63) is 29.4 Å². The van der Waals surface area contributed by atoms with E-state index in [9.17, 15) is 0 Å². The molecule has 0 amide bonds. The van der Waals surface area contributed by atoms with E-state index >= 15 is 0 Å². The van der Waals surface area contributed by atoms with E-state index in [0.29, 0.717) is 11.7 Å². The molecule has 0 saturated carbocycles. The topological polar surface area (TPSA) is 17.8 Å². The lowest BCUT2D eigenvalue weighted by molar-refractivity contribution is 0.743. The summed E-state index contributed by atoms with van der Waals surface area (Å²) in [6, 6.07) is 7.74. The Kier molecular flexibility index (Phi) is 1.96. The van der Waals surface area contributed by atoms with Gasteiger partial charge in [0.05, 0.1) is 5.52 Å². The van der Waals surface area contributed by atoms with Crippen molar-refractivity contribution < 1.29 is 0 Å². The molecule has 0 fully saturated rings. The quantitative estimate of drug-likeness (QED) is 0.631. The predicted molar refractivity (Wildman–Crippen MR) is 53.6 cm³/mol. The number of halogens is 1. The molecule has 0 atom stereocenters. The molecule has 3 heteroatoms. The number of terminal acetylenes is 1. The van der Waals surface area contributed by atoms with Gasteiger partial charge in [0.25, 0.3) is 0 Å². The molecule has 0 unspecified atom stereocenters. The smallest absolute Gasteiger partial charge is 0.158 e. The molecule has 1 heterocycles. The molecule has 0 aliphatic carbocycles. The van der Waals surface area contributed by atoms with E-state index in [0.717, 1.165) is 10.9 Å². The average molecular weight is 191 g/mol. The maximum Gasteiger partial charge on any atom is 0.158 e. The highest BCUT2D eigenvalue weighted by atomic mass is 35.5. The highest BCUT2D eigenvalue weighted by Gasteiger charge is 2.05. The van der Waals surface area contributed by atoms with Gasteiger partial charge in [-0.1, -0.05) is 29.7 Å². The van der Waals surface area contributed by atoms with Crippen LogP contribution < -0.4 is 0 Å². The fourth-order valence-electron chi connectivity index (χ4n) is 1.29.